The third kappa shape index (κ3) is 5.03. The van der Waals surface area contributed by atoms with Gasteiger partial charge in [0, 0.05) is 24.3 Å². The van der Waals surface area contributed by atoms with Crippen molar-refractivity contribution in [2.75, 3.05) is 30.4 Å². The van der Waals surface area contributed by atoms with Gasteiger partial charge in [0.1, 0.15) is 11.6 Å². The smallest absolute Gasteiger partial charge is 0.243 e. The molecule has 0 bridgehead atoms. The normalized spacial score (nSPS) is 15.9. The maximum absolute atomic E-state index is 13.1. The molecule has 9 heteroatoms. The van der Waals surface area contributed by atoms with Gasteiger partial charge in [-0.05, 0) is 42.5 Å². The van der Waals surface area contributed by atoms with E-state index in [4.69, 9.17) is 16.3 Å². The Labute approximate surface area is 171 Å². The molecule has 1 aliphatic heterocycles. The summed E-state index contributed by atoms with van der Waals surface area (Å²) < 4.78 is 18.2. The number of rotatable bonds is 6. The summed E-state index contributed by atoms with van der Waals surface area (Å²) in [4.78, 5) is 38.2. The van der Waals surface area contributed by atoms with E-state index in [-0.39, 0.29) is 36.3 Å². The fraction of sp³-hybridized carbons (Fsp3) is 0.250. The molecule has 1 fully saturated rings. The zero-order valence-corrected chi connectivity index (χ0v) is 16.3. The van der Waals surface area contributed by atoms with Crippen molar-refractivity contribution < 1.29 is 23.5 Å². The number of nitrogens with one attached hydrogen (secondary N) is 2. The van der Waals surface area contributed by atoms with Crippen molar-refractivity contribution in [1.29, 1.82) is 0 Å². The van der Waals surface area contributed by atoms with Crippen LogP contribution in [0.4, 0.5) is 15.8 Å². The van der Waals surface area contributed by atoms with Crippen LogP contribution in [-0.2, 0) is 14.4 Å². The quantitative estimate of drug-likeness (QED) is 0.753. The Hall–Kier alpha value is -3.13. The van der Waals surface area contributed by atoms with Crippen molar-refractivity contribution in [2.45, 2.75) is 6.42 Å². The number of methoxy groups -OCH3 is 1. The summed E-state index contributed by atoms with van der Waals surface area (Å²) >= 11 is 5.67. The molecule has 3 amide bonds. The van der Waals surface area contributed by atoms with Gasteiger partial charge in [-0.15, -0.1) is 0 Å². The molecular formula is C20H19ClFN3O4. The van der Waals surface area contributed by atoms with Crippen LogP contribution in [0.15, 0.2) is 42.5 Å². The Morgan fingerprint density at radius 3 is 2.62 bits per heavy atom. The predicted octanol–water partition coefficient (Wildman–Crippen LogP) is 2.60. The Morgan fingerprint density at radius 1 is 1.24 bits per heavy atom. The minimum atomic E-state index is -0.592. The predicted molar refractivity (Wildman–Crippen MR) is 107 cm³/mol. The van der Waals surface area contributed by atoms with Gasteiger partial charge >= 0.3 is 0 Å². The van der Waals surface area contributed by atoms with Crippen molar-refractivity contribution in [2.24, 2.45) is 5.92 Å². The number of nitrogens with zero attached hydrogens (tertiary/aromatic N) is 1. The molecule has 2 aromatic carbocycles. The lowest BCUT2D eigenvalue weighted by Gasteiger charge is -2.17. The first-order valence-electron chi connectivity index (χ1n) is 8.84. The molecule has 29 heavy (non-hydrogen) atoms. The molecule has 152 valence electrons. The molecule has 1 aliphatic rings. The minimum absolute atomic E-state index is 0.0626. The highest BCUT2D eigenvalue weighted by molar-refractivity contribution is 6.31. The van der Waals surface area contributed by atoms with Gasteiger partial charge in [-0.3, -0.25) is 14.4 Å². The van der Waals surface area contributed by atoms with Gasteiger partial charge in [0.15, 0.2) is 0 Å². The fourth-order valence-corrected chi connectivity index (χ4v) is 3.17. The van der Waals surface area contributed by atoms with Crippen molar-refractivity contribution in [3.63, 3.8) is 0 Å². The van der Waals surface area contributed by atoms with Gasteiger partial charge in [-0.2, -0.15) is 0 Å². The Balaban J connectivity index is 1.52. The van der Waals surface area contributed by atoms with Gasteiger partial charge in [-0.25, -0.2) is 4.39 Å². The lowest BCUT2D eigenvalue weighted by Crippen LogP contribution is -2.37. The summed E-state index contributed by atoms with van der Waals surface area (Å²) in [6.07, 6.45) is 0.0626. The molecule has 2 N–H and O–H groups in total. The summed E-state index contributed by atoms with van der Waals surface area (Å²) in [5, 5.41) is 4.92. The third-order valence-electron chi connectivity index (χ3n) is 4.51. The lowest BCUT2D eigenvalue weighted by atomic mass is 10.1. The van der Waals surface area contributed by atoms with Crippen molar-refractivity contribution in [1.82, 2.24) is 5.32 Å². The van der Waals surface area contributed by atoms with Crippen LogP contribution in [0, 0.1) is 11.7 Å². The number of amides is 3. The number of anilines is 2. The average Bonchev–Trinajstić information content (AvgIpc) is 3.11. The molecule has 0 spiro atoms. The van der Waals surface area contributed by atoms with Crippen LogP contribution in [0.1, 0.15) is 6.42 Å². The SMILES string of the molecule is COc1ccc(N2C[C@H](C(=O)NCC(=O)Nc3ccc(F)c(Cl)c3)CC2=O)cc1. The van der Waals surface area contributed by atoms with E-state index in [2.05, 4.69) is 10.6 Å². The second-order valence-corrected chi connectivity index (χ2v) is 6.91. The molecule has 1 atom stereocenters. The van der Waals surface area contributed by atoms with Crippen LogP contribution in [0.3, 0.4) is 0 Å². The Bertz CT molecular complexity index is 936. The fourth-order valence-electron chi connectivity index (χ4n) is 2.99. The van der Waals surface area contributed by atoms with Crippen molar-refractivity contribution in [3.8, 4) is 5.75 Å². The van der Waals surface area contributed by atoms with Crippen LogP contribution >= 0.6 is 11.6 Å². The van der Waals surface area contributed by atoms with Crippen LogP contribution < -0.4 is 20.3 Å². The standard InChI is InChI=1S/C20H19ClFN3O4/c1-29-15-5-3-14(4-6-15)25-11-12(8-19(25)27)20(28)23-10-18(26)24-13-2-7-17(22)16(21)9-13/h2-7,9,12H,8,10-11H2,1H3,(H,23,28)(H,24,26)/t12-/m1/s1. The topological polar surface area (TPSA) is 87.7 Å². The molecule has 0 saturated carbocycles. The highest BCUT2D eigenvalue weighted by Gasteiger charge is 2.35. The molecule has 1 saturated heterocycles. The molecule has 0 radical (unpaired) electrons. The number of carbonyl (C=O) groups is 3. The first-order chi connectivity index (χ1) is 13.9. The minimum Gasteiger partial charge on any atom is -0.497 e. The maximum atomic E-state index is 13.1. The molecule has 3 rings (SSSR count). The van der Waals surface area contributed by atoms with E-state index < -0.39 is 17.6 Å². The first-order valence-corrected chi connectivity index (χ1v) is 9.22. The monoisotopic (exact) mass is 419 g/mol. The first kappa shape index (κ1) is 20.6. The van der Waals surface area contributed by atoms with E-state index in [1.807, 2.05) is 0 Å². The average molecular weight is 420 g/mol. The second-order valence-electron chi connectivity index (χ2n) is 6.50. The molecule has 0 aromatic heterocycles. The van der Waals surface area contributed by atoms with E-state index in [0.717, 1.165) is 6.07 Å². The zero-order chi connectivity index (χ0) is 21.0. The van der Waals surface area contributed by atoms with E-state index in [9.17, 15) is 18.8 Å². The molecule has 7 nitrogen and oxygen atoms in total. The molecule has 0 unspecified atom stereocenters. The number of hydrogen-bond acceptors (Lipinski definition) is 4. The molecule has 1 heterocycles. The summed E-state index contributed by atoms with van der Waals surface area (Å²) in [5.74, 6) is -1.52. The number of benzene rings is 2. The largest absolute Gasteiger partial charge is 0.497 e. The van der Waals surface area contributed by atoms with Gasteiger partial charge in [-0.1, -0.05) is 11.6 Å². The van der Waals surface area contributed by atoms with Gasteiger partial charge in [0.2, 0.25) is 17.7 Å². The number of carbonyl (C=O) groups excluding carboxylic acids is 3. The summed E-state index contributed by atoms with van der Waals surface area (Å²) in [5.41, 5.74) is 0.995. The Kier molecular flexibility index (Phi) is 6.33. The molecule has 2 aromatic rings. The van der Waals surface area contributed by atoms with Crippen LogP contribution in [0.5, 0.6) is 5.75 Å². The highest BCUT2D eigenvalue weighted by atomic mass is 35.5. The van der Waals surface area contributed by atoms with E-state index in [1.54, 1.807) is 31.4 Å². The summed E-state index contributed by atoms with van der Waals surface area (Å²) in [6.45, 7) is -0.0484. The van der Waals surface area contributed by atoms with Crippen LogP contribution in [-0.4, -0.2) is 37.9 Å². The van der Waals surface area contributed by atoms with Crippen molar-refractivity contribution >= 4 is 40.7 Å². The summed E-state index contributed by atoms with van der Waals surface area (Å²) in [7, 11) is 1.55. The lowest BCUT2D eigenvalue weighted by molar-refractivity contribution is -0.127. The van der Waals surface area contributed by atoms with E-state index in [0.29, 0.717) is 17.1 Å². The highest BCUT2D eigenvalue weighted by Crippen LogP contribution is 2.27. The van der Waals surface area contributed by atoms with Crippen LogP contribution in [0.25, 0.3) is 0 Å². The number of ether oxygens (including phenoxy) is 1. The third-order valence-corrected chi connectivity index (χ3v) is 4.80. The van der Waals surface area contributed by atoms with Gasteiger partial charge in [0.25, 0.3) is 0 Å². The van der Waals surface area contributed by atoms with Gasteiger partial charge < -0.3 is 20.3 Å². The van der Waals surface area contributed by atoms with Gasteiger partial charge in [0.05, 0.1) is 24.6 Å². The van der Waals surface area contributed by atoms with Crippen molar-refractivity contribution in [3.05, 3.63) is 53.3 Å². The maximum Gasteiger partial charge on any atom is 0.243 e. The number of hydrogen-bond donors (Lipinski definition) is 2. The molecular weight excluding hydrogens is 401 g/mol. The number of halogens is 2. The summed E-state index contributed by atoms with van der Waals surface area (Å²) in [6, 6.07) is 10.7. The zero-order valence-electron chi connectivity index (χ0n) is 15.6. The Morgan fingerprint density at radius 2 is 1.97 bits per heavy atom. The van der Waals surface area contributed by atoms with Crippen LogP contribution in [0.2, 0.25) is 5.02 Å². The van der Waals surface area contributed by atoms with E-state index >= 15 is 0 Å². The van der Waals surface area contributed by atoms with E-state index in [1.165, 1.54) is 17.0 Å². The second kappa shape index (κ2) is 8.91. The molecule has 0 aliphatic carbocycles.